The lowest BCUT2D eigenvalue weighted by molar-refractivity contribution is -0.138. The van der Waals surface area contributed by atoms with Gasteiger partial charge in [0, 0.05) is 62.7 Å². The minimum Gasteiger partial charge on any atom is -0.361 e. The number of para-hydroxylation sites is 1. The van der Waals surface area contributed by atoms with Gasteiger partial charge in [0.05, 0.1) is 0 Å². The summed E-state index contributed by atoms with van der Waals surface area (Å²) in [4.78, 5) is 33.4. The largest absolute Gasteiger partial charge is 0.361 e. The van der Waals surface area contributed by atoms with Gasteiger partial charge in [0.25, 0.3) is 0 Å². The van der Waals surface area contributed by atoms with Crippen molar-refractivity contribution in [3.63, 3.8) is 0 Å². The molecule has 1 aromatic heterocycles. The molecule has 168 valence electrons. The summed E-state index contributed by atoms with van der Waals surface area (Å²) < 4.78 is 0. The predicted molar refractivity (Wildman–Crippen MR) is 127 cm³/mol. The summed E-state index contributed by atoms with van der Waals surface area (Å²) in [6.45, 7) is 5.91. The lowest BCUT2D eigenvalue weighted by Gasteiger charge is -2.36. The fourth-order valence-electron chi connectivity index (χ4n) is 4.40. The molecule has 6 heteroatoms. The Bertz CT molecular complexity index is 1040. The van der Waals surface area contributed by atoms with Gasteiger partial charge in [-0.2, -0.15) is 0 Å². The number of hydrogen-bond donors (Lipinski definition) is 2. The van der Waals surface area contributed by atoms with Crippen molar-refractivity contribution in [3.05, 3.63) is 71.9 Å². The first-order valence-electron chi connectivity index (χ1n) is 11.5. The fourth-order valence-corrected chi connectivity index (χ4v) is 4.40. The Labute approximate surface area is 189 Å². The monoisotopic (exact) mass is 432 g/mol. The zero-order valence-corrected chi connectivity index (χ0v) is 18.7. The summed E-state index contributed by atoms with van der Waals surface area (Å²) in [5.74, 6) is -0.0486. The number of carbonyl (C=O) groups is 2. The van der Waals surface area contributed by atoms with E-state index in [9.17, 15) is 9.59 Å². The van der Waals surface area contributed by atoms with Gasteiger partial charge in [0.15, 0.2) is 0 Å². The Morgan fingerprint density at radius 3 is 2.47 bits per heavy atom. The van der Waals surface area contributed by atoms with Crippen LogP contribution in [0.15, 0.2) is 60.8 Å². The molecular formula is C26H32N4O2. The van der Waals surface area contributed by atoms with Gasteiger partial charge in [-0.1, -0.05) is 55.5 Å². The van der Waals surface area contributed by atoms with E-state index in [-0.39, 0.29) is 11.8 Å². The molecule has 3 aromatic rings. The number of hydrogen-bond acceptors (Lipinski definition) is 3. The van der Waals surface area contributed by atoms with E-state index < -0.39 is 6.04 Å². The van der Waals surface area contributed by atoms with E-state index in [1.54, 1.807) is 0 Å². The summed E-state index contributed by atoms with van der Waals surface area (Å²) in [5, 5.41) is 4.11. The van der Waals surface area contributed by atoms with Crippen LogP contribution in [0.3, 0.4) is 0 Å². The average molecular weight is 433 g/mol. The van der Waals surface area contributed by atoms with Gasteiger partial charge in [-0.3, -0.25) is 14.5 Å². The van der Waals surface area contributed by atoms with Crippen LogP contribution in [-0.4, -0.2) is 58.8 Å². The van der Waals surface area contributed by atoms with Crippen molar-refractivity contribution in [1.29, 1.82) is 0 Å². The molecule has 2 aromatic carbocycles. The Kier molecular flexibility index (Phi) is 7.22. The van der Waals surface area contributed by atoms with Crippen molar-refractivity contribution < 1.29 is 9.59 Å². The molecular weight excluding hydrogens is 400 g/mol. The molecule has 4 rings (SSSR count). The topological polar surface area (TPSA) is 68.4 Å². The summed E-state index contributed by atoms with van der Waals surface area (Å²) in [6.07, 6.45) is 3.64. The third-order valence-electron chi connectivity index (χ3n) is 6.14. The van der Waals surface area contributed by atoms with Crippen LogP contribution in [0.25, 0.3) is 10.9 Å². The van der Waals surface area contributed by atoms with Gasteiger partial charge in [-0.25, -0.2) is 0 Å². The van der Waals surface area contributed by atoms with Gasteiger partial charge in [0.1, 0.15) is 6.04 Å². The maximum absolute atomic E-state index is 13.4. The molecule has 0 saturated carbocycles. The van der Waals surface area contributed by atoms with Crippen LogP contribution in [0, 0.1) is 0 Å². The molecule has 2 amide bonds. The summed E-state index contributed by atoms with van der Waals surface area (Å²) >= 11 is 0. The third-order valence-corrected chi connectivity index (χ3v) is 6.14. The van der Waals surface area contributed by atoms with Crippen LogP contribution in [0.5, 0.6) is 0 Å². The highest BCUT2D eigenvalue weighted by Crippen LogP contribution is 2.20. The number of aromatic nitrogens is 1. The second-order valence-corrected chi connectivity index (χ2v) is 8.52. The second-order valence-electron chi connectivity index (χ2n) is 8.52. The van der Waals surface area contributed by atoms with Gasteiger partial charge in [-0.15, -0.1) is 0 Å². The molecule has 0 spiro atoms. The Hall–Kier alpha value is -3.12. The molecule has 0 bridgehead atoms. The molecule has 32 heavy (non-hydrogen) atoms. The van der Waals surface area contributed by atoms with E-state index in [1.165, 1.54) is 5.56 Å². The maximum Gasteiger partial charge on any atom is 0.245 e. The highest BCUT2D eigenvalue weighted by molar-refractivity contribution is 5.89. The van der Waals surface area contributed by atoms with E-state index in [4.69, 9.17) is 0 Å². The molecule has 2 heterocycles. The first-order chi connectivity index (χ1) is 15.6. The summed E-state index contributed by atoms with van der Waals surface area (Å²) in [7, 11) is 0. The number of H-pyrrole nitrogens is 1. The average Bonchev–Trinajstić information content (AvgIpc) is 3.22. The standard InChI is InChI=1S/C26H32N4O2/c1-2-8-25(31)28-24(17-21-18-27-23-12-7-6-11-22(21)23)26(32)30-15-13-29(14-16-30)19-20-9-4-3-5-10-20/h3-7,9-12,18,24,27H,2,8,13-17,19H2,1H3,(H,28,31). The minimum absolute atomic E-state index is 0.0131. The van der Waals surface area contributed by atoms with E-state index in [0.29, 0.717) is 25.9 Å². The number of fused-ring (bicyclic) bond motifs is 1. The number of benzene rings is 2. The number of nitrogens with zero attached hydrogens (tertiary/aromatic N) is 2. The van der Waals surface area contributed by atoms with Crippen molar-refractivity contribution in [1.82, 2.24) is 20.1 Å². The van der Waals surface area contributed by atoms with Crippen LogP contribution in [0.4, 0.5) is 0 Å². The van der Waals surface area contributed by atoms with Gasteiger partial charge in [-0.05, 0) is 23.6 Å². The molecule has 1 aliphatic rings. The van der Waals surface area contributed by atoms with E-state index >= 15 is 0 Å². The number of carbonyl (C=O) groups excluding carboxylic acids is 2. The van der Waals surface area contributed by atoms with E-state index in [0.717, 1.165) is 42.5 Å². The minimum atomic E-state index is -0.547. The van der Waals surface area contributed by atoms with Crippen LogP contribution in [0.1, 0.15) is 30.9 Å². The fraction of sp³-hybridized carbons (Fsp3) is 0.385. The number of rotatable bonds is 8. The quantitative estimate of drug-likeness (QED) is 0.574. The molecule has 1 unspecified atom stereocenters. The van der Waals surface area contributed by atoms with Gasteiger partial charge < -0.3 is 15.2 Å². The first-order valence-corrected chi connectivity index (χ1v) is 11.5. The number of amides is 2. The van der Waals surface area contributed by atoms with Crippen molar-refractivity contribution in [2.75, 3.05) is 26.2 Å². The van der Waals surface area contributed by atoms with Crippen LogP contribution in [-0.2, 0) is 22.6 Å². The second kappa shape index (κ2) is 10.5. The molecule has 1 atom stereocenters. The van der Waals surface area contributed by atoms with Crippen molar-refractivity contribution in [3.8, 4) is 0 Å². The van der Waals surface area contributed by atoms with Crippen LogP contribution < -0.4 is 5.32 Å². The van der Waals surface area contributed by atoms with Gasteiger partial charge >= 0.3 is 0 Å². The zero-order valence-electron chi connectivity index (χ0n) is 18.7. The first kappa shape index (κ1) is 22.1. The Balaban J connectivity index is 1.42. The number of piperazine rings is 1. The maximum atomic E-state index is 13.4. The molecule has 2 N–H and O–H groups in total. The Morgan fingerprint density at radius 2 is 1.72 bits per heavy atom. The van der Waals surface area contributed by atoms with Crippen molar-refractivity contribution in [2.45, 2.75) is 38.8 Å². The van der Waals surface area contributed by atoms with Crippen LogP contribution >= 0.6 is 0 Å². The SMILES string of the molecule is CCCC(=O)NC(Cc1c[nH]c2ccccc12)C(=O)N1CCN(Cc2ccccc2)CC1. The highest BCUT2D eigenvalue weighted by Gasteiger charge is 2.29. The number of nitrogens with one attached hydrogen (secondary N) is 2. The smallest absolute Gasteiger partial charge is 0.245 e. The molecule has 1 saturated heterocycles. The lowest BCUT2D eigenvalue weighted by atomic mass is 10.0. The van der Waals surface area contributed by atoms with Crippen molar-refractivity contribution >= 4 is 22.7 Å². The van der Waals surface area contributed by atoms with E-state index in [1.807, 2.05) is 42.3 Å². The third kappa shape index (κ3) is 5.37. The summed E-state index contributed by atoms with van der Waals surface area (Å²) in [5.41, 5.74) is 3.39. The molecule has 1 aliphatic heterocycles. The van der Waals surface area contributed by atoms with Crippen LogP contribution in [0.2, 0.25) is 0 Å². The molecule has 1 fully saturated rings. The predicted octanol–water partition coefficient (Wildman–Crippen LogP) is 3.34. The normalized spacial score (nSPS) is 15.6. The van der Waals surface area contributed by atoms with Gasteiger partial charge in [0.2, 0.25) is 11.8 Å². The molecule has 6 nitrogen and oxygen atoms in total. The zero-order chi connectivity index (χ0) is 22.3. The molecule has 0 aliphatic carbocycles. The Morgan fingerprint density at radius 1 is 1.00 bits per heavy atom. The highest BCUT2D eigenvalue weighted by atomic mass is 16.2. The lowest BCUT2D eigenvalue weighted by Crippen LogP contribution is -2.55. The molecule has 0 radical (unpaired) electrons. The summed E-state index contributed by atoms with van der Waals surface area (Å²) in [6, 6.07) is 17.9. The van der Waals surface area contributed by atoms with E-state index in [2.05, 4.69) is 45.5 Å². The van der Waals surface area contributed by atoms with Crippen molar-refractivity contribution in [2.24, 2.45) is 0 Å². The number of aromatic amines is 1.